The van der Waals surface area contributed by atoms with Crippen molar-refractivity contribution in [1.29, 1.82) is 0 Å². The first-order valence-electron chi connectivity index (χ1n) is 5.39. The van der Waals surface area contributed by atoms with Gasteiger partial charge in [-0.3, -0.25) is 4.79 Å². The Balaban J connectivity index is 2.72. The minimum Gasteiger partial charge on any atom is -0.497 e. The summed E-state index contributed by atoms with van der Waals surface area (Å²) in [5.41, 5.74) is 1.43. The number of carbonyl (C=O) groups excluding carboxylic acids is 1. The number of rotatable bonds is 4. The molecule has 1 rings (SSSR count). The standard InChI is InChI=1S/C12H16N2O4/c1-7-4-5-9(18-3)6-10(7)14-12(17)13-8(2)11(15)16/h4-6,8H,1-3H3,(H,15,16)(H2,13,14,17)/t8-/m0/s1. The van der Waals surface area contributed by atoms with Gasteiger partial charge in [0.05, 0.1) is 7.11 Å². The summed E-state index contributed by atoms with van der Waals surface area (Å²) in [6.45, 7) is 3.22. The van der Waals surface area contributed by atoms with E-state index in [1.54, 1.807) is 18.2 Å². The minimum absolute atomic E-state index is 0.568. The molecule has 0 saturated carbocycles. The van der Waals surface area contributed by atoms with Gasteiger partial charge < -0.3 is 20.5 Å². The zero-order valence-electron chi connectivity index (χ0n) is 10.5. The van der Waals surface area contributed by atoms with Crippen LogP contribution in [0.25, 0.3) is 0 Å². The normalized spacial score (nSPS) is 11.5. The van der Waals surface area contributed by atoms with E-state index in [9.17, 15) is 9.59 Å². The van der Waals surface area contributed by atoms with E-state index in [0.29, 0.717) is 11.4 Å². The molecule has 0 bridgehead atoms. The van der Waals surface area contributed by atoms with Crippen LogP contribution in [0.1, 0.15) is 12.5 Å². The lowest BCUT2D eigenvalue weighted by Crippen LogP contribution is -2.40. The molecule has 0 aliphatic carbocycles. The second-order valence-electron chi connectivity index (χ2n) is 3.84. The summed E-state index contributed by atoms with van der Waals surface area (Å²) in [6.07, 6.45) is 0. The number of aryl methyl sites for hydroxylation is 1. The van der Waals surface area contributed by atoms with Gasteiger partial charge in [0.15, 0.2) is 0 Å². The number of carboxylic acids is 1. The monoisotopic (exact) mass is 252 g/mol. The molecule has 6 nitrogen and oxygen atoms in total. The van der Waals surface area contributed by atoms with Gasteiger partial charge in [0.1, 0.15) is 11.8 Å². The first-order valence-corrected chi connectivity index (χ1v) is 5.39. The number of hydrogen-bond donors (Lipinski definition) is 3. The molecule has 98 valence electrons. The molecule has 1 aromatic carbocycles. The Morgan fingerprint density at radius 3 is 2.61 bits per heavy atom. The molecule has 0 aliphatic rings. The molecule has 0 spiro atoms. The number of carbonyl (C=O) groups is 2. The summed E-state index contributed by atoms with van der Waals surface area (Å²) in [7, 11) is 1.53. The lowest BCUT2D eigenvalue weighted by Gasteiger charge is -2.13. The van der Waals surface area contributed by atoms with Crippen LogP contribution < -0.4 is 15.4 Å². The number of nitrogens with one attached hydrogen (secondary N) is 2. The molecular weight excluding hydrogens is 236 g/mol. The van der Waals surface area contributed by atoms with E-state index < -0.39 is 18.0 Å². The molecule has 1 aromatic rings. The van der Waals surface area contributed by atoms with Crippen molar-refractivity contribution in [2.24, 2.45) is 0 Å². The number of benzene rings is 1. The third-order valence-corrected chi connectivity index (χ3v) is 2.41. The second kappa shape index (κ2) is 5.90. The molecule has 6 heteroatoms. The fraction of sp³-hybridized carbons (Fsp3) is 0.333. The highest BCUT2D eigenvalue weighted by molar-refractivity contribution is 5.92. The Bertz CT molecular complexity index is 459. The molecule has 0 unspecified atom stereocenters. The van der Waals surface area contributed by atoms with Crippen LogP contribution in [0.15, 0.2) is 18.2 Å². The largest absolute Gasteiger partial charge is 0.497 e. The number of aliphatic carboxylic acids is 1. The summed E-state index contributed by atoms with van der Waals surface area (Å²) in [6, 6.07) is 3.73. The minimum atomic E-state index is -1.09. The highest BCUT2D eigenvalue weighted by Crippen LogP contribution is 2.21. The maximum absolute atomic E-state index is 11.6. The first kappa shape index (κ1) is 13.8. The molecule has 0 fully saturated rings. The van der Waals surface area contributed by atoms with Gasteiger partial charge in [0, 0.05) is 11.8 Å². The third-order valence-electron chi connectivity index (χ3n) is 2.41. The smallest absolute Gasteiger partial charge is 0.325 e. The summed E-state index contributed by atoms with van der Waals surface area (Å²) in [5, 5.41) is 13.6. The van der Waals surface area contributed by atoms with Gasteiger partial charge in [-0.1, -0.05) is 6.07 Å². The number of urea groups is 1. The van der Waals surface area contributed by atoms with Crippen LogP contribution in [-0.2, 0) is 4.79 Å². The van der Waals surface area contributed by atoms with E-state index in [1.165, 1.54) is 14.0 Å². The summed E-state index contributed by atoms with van der Waals surface area (Å²) in [5.74, 6) is -0.477. The Morgan fingerprint density at radius 2 is 2.06 bits per heavy atom. The maximum atomic E-state index is 11.6. The van der Waals surface area contributed by atoms with Crippen molar-refractivity contribution >= 4 is 17.7 Å². The lowest BCUT2D eigenvalue weighted by molar-refractivity contribution is -0.138. The molecule has 18 heavy (non-hydrogen) atoms. The van der Waals surface area contributed by atoms with Crippen molar-refractivity contribution in [2.45, 2.75) is 19.9 Å². The van der Waals surface area contributed by atoms with E-state index in [2.05, 4.69) is 10.6 Å². The average molecular weight is 252 g/mol. The molecule has 0 radical (unpaired) electrons. The molecule has 2 amide bonds. The van der Waals surface area contributed by atoms with Gasteiger partial charge in [-0.25, -0.2) is 4.79 Å². The Morgan fingerprint density at radius 1 is 1.39 bits per heavy atom. The van der Waals surface area contributed by atoms with E-state index in [-0.39, 0.29) is 0 Å². The highest BCUT2D eigenvalue weighted by Gasteiger charge is 2.14. The number of methoxy groups -OCH3 is 1. The van der Waals surface area contributed by atoms with Crippen molar-refractivity contribution in [3.8, 4) is 5.75 Å². The highest BCUT2D eigenvalue weighted by atomic mass is 16.5. The van der Waals surface area contributed by atoms with Crippen molar-refractivity contribution in [1.82, 2.24) is 5.32 Å². The van der Waals surface area contributed by atoms with Gasteiger partial charge in [-0.15, -0.1) is 0 Å². The van der Waals surface area contributed by atoms with Crippen molar-refractivity contribution in [3.63, 3.8) is 0 Å². The Hall–Kier alpha value is -2.24. The van der Waals surface area contributed by atoms with Crippen LogP contribution in [0.3, 0.4) is 0 Å². The van der Waals surface area contributed by atoms with Gasteiger partial charge in [0.2, 0.25) is 0 Å². The number of hydrogen-bond acceptors (Lipinski definition) is 3. The van der Waals surface area contributed by atoms with Crippen LogP contribution in [0.4, 0.5) is 10.5 Å². The van der Waals surface area contributed by atoms with Crippen molar-refractivity contribution in [2.75, 3.05) is 12.4 Å². The zero-order valence-corrected chi connectivity index (χ0v) is 10.5. The molecular formula is C12H16N2O4. The fourth-order valence-corrected chi connectivity index (χ4v) is 1.28. The number of carboxylic acid groups (broad SMARTS) is 1. The number of anilines is 1. The molecule has 0 saturated heterocycles. The predicted molar refractivity (Wildman–Crippen MR) is 67.0 cm³/mol. The maximum Gasteiger partial charge on any atom is 0.325 e. The molecule has 0 aromatic heterocycles. The SMILES string of the molecule is COc1ccc(C)c(NC(=O)N[C@@H](C)C(=O)O)c1. The van der Waals surface area contributed by atoms with Crippen LogP contribution in [-0.4, -0.2) is 30.3 Å². The van der Waals surface area contributed by atoms with Crippen LogP contribution in [0.5, 0.6) is 5.75 Å². The first-order chi connectivity index (χ1) is 8.43. The van der Waals surface area contributed by atoms with Gasteiger partial charge in [-0.2, -0.15) is 0 Å². The third kappa shape index (κ3) is 3.65. The van der Waals surface area contributed by atoms with Gasteiger partial charge in [-0.05, 0) is 25.5 Å². The molecule has 3 N–H and O–H groups in total. The number of ether oxygens (including phenoxy) is 1. The second-order valence-corrected chi connectivity index (χ2v) is 3.84. The Labute approximate surface area is 105 Å². The van der Waals surface area contributed by atoms with Crippen LogP contribution in [0.2, 0.25) is 0 Å². The van der Waals surface area contributed by atoms with Crippen LogP contribution >= 0.6 is 0 Å². The van der Waals surface area contributed by atoms with E-state index in [4.69, 9.17) is 9.84 Å². The van der Waals surface area contributed by atoms with E-state index in [0.717, 1.165) is 5.56 Å². The van der Waals surface area contributed by atoms with Crippen LogP contribution in [0, 0.1) is 6.92 Å². The summed E-state index contributed by atoms with van der Waals surface area (Å²) < 4.78 is 5.04. The van der Waals surface area contributed by atoms with Gasteiger partial charge >= 0.3 is 12.0 Å². The molecule has 0 aliphatic heterocycles. The number of amides is 2. The lowest BCUT2D eigenvalue weighted by atomic mass is 10.2. The van der Waals surface area contributed by atoms with Gasteiger partial charge in [0.25, 0.3) is 0 Å². The summed E-state index contributed by atoms with van der Waals surface area (Å²) in [4.78, 5) is 22.1. The average Bonchev–Trinajstić information content (AvgIpc) is 2.31. The van der Waals surface area contributed by atoms with E-state index >= 15 is 0 Å². The summed E-state index contributed by atoms with van der Waals surface area (Å²) >= 11 is 0. The molecule has 1 atom stereocenters. The quantitative estimate of drug-likeness (QED) is 0.759. The van der Waals surface area contributed by atoms with Crippen molar-refractivity contribution < 1.29 is 19.4 Å². The topological polar surface area (TPSA) is 87.7 Å². The fourth-order valence-electron chi connectivity index (χ4n) is 1.28. The molecule has 0 heterocycles. The Kier molecular flexibility index (Phi) is 4.53. The predicted octanol–water partition coefficient (Wildman–Crippen LogP) is 1.60. The zero-order chi connectivity index (χ0) is 13.7. The van der Waals surface area contributed by atoms with E-state index in [1.807, 2.05) is 6.92 Å². The van der Waals surface area contributed by atoms with Crippen molar-refractivity contribution in [3.05, 3.63) is 23.8 Å².